The van der Waals surface area contributed by atoms with E-state index in [2.05, 4.69) is 30.9 Å². The Hall–Kier alpha value is -4.22. The van der Waals surface area contributed by atoms with Gasteiger partial charge in [0.2, 0.25) is 0 Å². The van der Waals surface area contributed by atoms with Crippen LogP contribution in [-0.2, 0) is 0 Å². The lowest BCUT2D eigenvalue weighted by Crippen LogP contribution is -2.27. The third-order valence-corrected chi connectivity index (χ3v) is 4.89. The zero-order valence-corrected chi connectivity index (χ0v) is 16.7. The second kappa shape index (κ2) is 7.80. The molecule has 4 aromatic rings. The van der Waals surface area contributed by atoms with E-state index in [1.165, 1.54) is 23.0 Å². The number of hydrogen-bond donors (Lipinski definition) is 3. The molecule has 164 valence electrons. The number of benzene rings is 1. The van der Waals surface area contributed by atoms with Crippen molar-refractivity contribution in [3.05, 3.63) is 48.5 Å². The number of aromatic amines is 1. The highest BCUT2D eigenvalue weighted by Gasteiger charge is 2.24. The molecule has 0 bridgehead atoms. The number of nitrogens with one attached hydrogen (secondary N) is 3. The average Bonchev–Trinajstić information content (AvgIpc) is 3.40. The second-order valence-corrected chi connectivity index (χ2v) is 7.09. The first-order valence-electron chi connectivity index (χ1n) is 9.66. The Kier molecular flexibility index (Phi) is 4.81. The molecule has 10 nitrogen and oxygen atoms in total. The molecule has 0 aliphatic carbocycles. The normalized spacial score (nSPS) is 15.2. The van der Waals surface area contributed by atoms with Crippen molar-refractivity contribution in [2.45, 2.75) is 19.6 Å². The number of halogens is 2. The van der Waals surface area contributed by atoms with Crippen LogP contribution >= 0.6 is 0 Å². The summed E-state index contributed by atoms with van der Waals surface area (Å²) in [6.45, 7) is -0.633. The lowest BCUT2D eigenvalue weighted by atomic mass is 10.1. The van der Waals surface area contributed by atoms with E-state index in [0.717, 1.165) is 0 Å². The molecule has 5 rings (SSSR count). The van der Waals surface area contributed by atoms with Crippen LogP contribution in [0.3, 0.4) is 0 Å². The van der Waals surface area contributed by atoms with Crippen LogP contribution in [0.25, 0.3) is 16.9 Å². The van der Waals surface area contributed by atoms with Gasteiger partial charge in [0, 0.05) is 24.0 Å². The minimum Gasteiger partial charge on any atom is -0.487 e. The number of alkyl halides is 2. The molecule has 1 aromatic carbocycles. The molecular weight excluding hydrogens is 424 g/mol. The van der Waals surface area contributed by atoms with Crippen molar-refractivity contribution < 1.29 is 23.0 Å². The number of carbonyl (C=O) groups is 1. The Morgan fingerprint density at radius 3 is 3.09 bits per heavy atom. The van der Waals surface area contributed by atoms with Crippen LogP contribution in [0.1, 0.15) is 17.3 Å². The Labute approximate surface area is 179 Å². The van der Waals surface area contributed by atoms with Gasteiger partial charge in [-0.15, -0.1) is 0 Å². The highest BCUT2D eigenvalue weighted by Crippen LogP contribution is 2.42. The van der Waals surface area contributed by atoms with Crippen LogP contribution < -0.4 is 20.1 Å². The molecule has 4 heterocycles. The minimum absolute atomic E-state index is 0.0956. The van der Waals surface area contributed by atoms with E-state index in [1.807, 2.05) is 6.92 Å². The van der Waals surface area contributed by atoms with Crippen LogP contribution in [0.5, 0.6) is 11.5 Å². The van der Waals surface area contributed by atoms with E-state index in [0.29, 0.717) is 23.6 Å². The molecule has 0 saturated carbocycles. The minimum atomic E-state index is -3.04. The van der Waals surface area contributed by atoms with Crippen molar-refractivity contribution in [3.63, 3.8) is 0 Å². The van der Waals surface area contributed by atoms with Crippen molar-refractivity contribution in [2.75, 3.05) is 17.2 Å². The Morgan fingerprint density at radius 1 is 1.38 bits per heavy atom. The van der Waals surface area contributed by atoms with Crippen LogP contribution in [0.2, 0.25) is 0 Å². The number of carbonyl (C=O) groups excluding carboxylic acids is 1. The number of rotatable bonds is 5. The number of nitrogens with zero attached hydrogens (tertiary/aromatic N) is 4. The average molecular weight is 441 g/mol. The van der Waals surface area contributed by atoms with E-state index in [-0.39, 0.29) is 34.4 Å². The molecule has 12 heteroatoms. The first kappa shape index (κ1) is 19.7. The first-order chi connectivity index (χ1) is 15.5. The number of amides is 1. The van der Waals surface area contributed by atoms with Crippen LogP contribution in [0.4, 0.5) is 20.2 Å². The maximum absolute atomic E-state index is 13.1. The predicted octanol–water partition coefficient (Wildman–Crippen LogP) is 3.17. The highest BCUT2D eigenvalue weighted by atomic mass is 19.3. The molecule has 0 saturated heterocycles. The topological polar surface area (TPSA) is 118 Å². The van der Waals surface area contributed by atoms with Gasteiger partial charge >= 0.3 is 6.61 Å². The smallest absolute Gasteiger partial charge is 0.387 e. The van der Waals surface area contributed by atoms with Crippen molar-refractivity contribution in [1.29, 1.82) is 0 Å². The fourth-order valence-corrected chi connectivity index (χ4v) is 3.46. The van der Waals surface area contributed by atoms with Crippen LogP contribution in [0.15, 0.2) is 43.0 Å². The molecule has 0 unspecified atom stereocenters. The van der Waals surface area contributed by atoms with Crippen molar-refractivity contribution in [2.24, 2.45) is 0 Å². The summed E-state index contributed by atoms with van der Waals surface area (Å²) < 4.78 is 38.2. The summed E-state index contributed by atoms with van der Waals surface area (Å²) in [7, 11) is 0. The molecule has 1 amide bonds. The van der Waals surface area contributed by atoms with Gasteiger partial charge in [-0.3, -0.25) is 9.89 Å². The molecule has 0 fully saturated rings. The van der Waals surface area contributed by atoms with Gasteiger partial charge in [0.15, 0.2) is 5.65 Å². The molecule has 1 aliphatic rings. The molecule has 1 aliphatic heterocycles. The molecule has 0 spiro atoms. The number of anilines is 2. The zero-order chi connectivity index (χ0) is 22.2. The summed E-state index contributed by atoms with van der Waals surface area (Å²) in [5.41, 5.74) is 1.95. The second-order valence-electron chi connectivity index (χ2n) is 7.09. The van der Waals surface area contributed by atoms with Gasteiger partial charge in [0.25, 0.3) is 5.91 Å². The van der Waals surface area contributed by atoms with Gasteiger partial charge in [-0.1, -0.05) is 0 Å². The van der Waals surface area contributed by atoms with Gasteiger partial charge in [-0.2, -0.15) is 19.0 Å². The maximum Gasteiger partial charge on any atom is 0.387 e. The summed E-state index contributed by atoms with van der Waals surface area (Å²) in [4.78, 5) is 17.0. The summed E-state index contributed by atoms with van der Waals surface area (Å²) >= 11 is 0. The fraction of sp³-hybridized carbons (Fsp3) is 0.200. The first-order valence-corrected chi connectivity index (χ1v) is 9.66. The predicted molar refractivity (Wildman–Crippen MR) is 110 cm³/mol. The van der Waals surface area contributed by atoms with E-state index in [9.17, 15) is 13.6 Å². The molecule has 1 atom stereocenters. The standard InChI is InChI=1S/C20H17F2N7O3/c1-10-7-24-13-6-15(32-20(21)22)11(5-16(13)31-10)17-14(9-25-28-17)27-19(30)12-8-26-29-4-2-3-23-18(12)29/h2-6,8-10,20,24H,7H2,1H3,(H,25,28)(H,27,30)/t10-/m0/s1. The van der Waals surface area contributed by atoms with E-state index in [1.54, 1.807) is 24.5 Å². The summed E-state index contributed by atoms with van der Waals surface area (Å²) in [6, 6.07) is 4.69. The monoisotopic (exact) mass is 441 g/mol. The lowest BCUT2D eigenvalue weighted by molar-refractivity contribution is -0.0494. The van der Waals surface area contributed by atoms with Gasteiger partial charge < -0.3 is 20.1 Å². The van der Waals surface area contributed by atoms with Gasteiger partial charge in [0.1, 0.15) is 23.2 Å². The van der Waals surface area contributed by atoms with Crippen molar-refractivity contribution in [3.8, 4) is 22.8 Å². The van der Waals surface area contributed by atoms with Crippen molar-refractivity contribution >= 4 is 22.9 Å². The summed E-state index contributed by atoms with van der Waals surface area (Å²) in [5.74, 6) is -0.108. The fourth-order valence-electron chi connectivity index (χ4n) is 3.46. The lowest BCUT2D eigenvalue weighted by Gasteiger charge is -2.26. The zero-order valence-electron chi connectivity index (χ0n) is 16.7. The number of fused-ring (bicyclic) bond motifs is 2. The largest absolute Gasteiger partial charge is 0.487 e. The maximum atomic E-state index is 13.1. The van der Waals surface area contributed by atoms with Gasteiger partial charge in [-0.05, 0) is 19.1 Å². The molecule has 32 heavy (non-hydrogen) atoms. The van der Waals surface area contributed by atoms with Crippen LogP contribution in [0, 0.1) is 0 Å². The number of ether oxygens (including phenoxy) is 2. The Morgan fingerprint density at radius 2 is 2.25 bits per heavy atom. The number of hydrogen-bond acceptors (Lipinski definition) is 7. The van der Waals surface area contributed by atoms with Gasteiger partial charge in [0.05, 0.1) is 36.0 Å². The molecular formula is C20H17F2N7O3. The third kappa shape index (κ3) is 3.55. The SMILES string of the molecule is C[C@H]1CNc2cc(OC(F)F)c(-c3[nH]ncc3NC(=O)c3cnn4cccnc34)cc2O1. The number of aromatic nitrogens is 5. The van der Waals surface area contributed by atoms with Gasteiger partial charge in [-0.25, -0.2) is 9.50 Å². The van der Waals surface area contributed by atoms with E-state index >= 15 is 0 Å². The Balaban J connectivity index is 1.52. The summed E-state index contributed by atoms with van der Waals surface area (Å²) in [6.07, 6.45) is 5.87. The Bertz CT molecular complexity index is 1300. The summed E-state index contributed by atoms with van der Waals surface area (Å²) in [5, 5.41) is 16.6. The van der Waals surface area contributed by atoms with E-state index < -0.39 is 12.5 Å². The van der Waals surface area contributed by atoms with E-state index in [4.69, 9.17) is 9.47 Å². The molecule has 3 aromatic heterocycles. The number of H-pyrrole nitrogens is 1. The molecule has 3 N–H and O–H groups in total. The quantitative estimate of drug-likeness (QED) is 0.435. The highest BCUT2D eigenvalue weighted by molar-refractivity contribution is 6.09. The van der Waals surface area contributed by atoms with Crippen molar-refractivity contribution in [1.82, 2.24) is 24.8 Å². The molecule has 0 radical (unpaired) electrons. The van der Waals surface area contributed by atoms with Crippen LogP contribution in [-0.4, -0.2) is 50.0 Å². The third-order valence-electron chi connectivity index (χ3n) is 4.89.